The topological polar surface area (TPSA) is 75.1 Å². The van der Waals surface area contributed by atoms with Gasteiger partial charge in [-0.3, -0.25) is 0 Å². The van der Waals surface area contributed by atoms with E-state index >= 15 is 0 Å². The van der Waals surface area contributed by atoms with Gasteiger partial charge < -0.3 is 10.4 Å². The molecule has 1 atom stereocenters. The van der Waals surface area contributed by atoms with Crippen LogP contribution in [0.5, 0.6) is 0 Å². The molecule has 2 N–H and O–H groups in total. The Hall–Kier alpha value is -2.16. The molecule has 0 fully saturated rings. The summed E-state index contributed by atoms with van der Waals surface area (Å²) in [7, 11) is 0. The number of carboxylic acids is 1. The molecule has 20 heavy (non-hydrogen) atoms. The van der Waals surface area contributed by atoms with Crippen LogP contribution in [0.15, 0.2) is 29.8 Å². The smallest absolute Gasteiger partial charge is 0.433 e. The van der Waals surface area contributed by atoms with E-state index in [1.807, 2.05) is 0 Å². The number of aliphatic carboxylic acids is 1. The van der Waals surface area contributed by atoms with Crippen LogP contribution >= 0.6 is 11.3 Å². The molecule has 106 valence electrons. The average molecular weight is 303 g/mol. The van der Waals surface area contributed by atoms with Gasteiger partial charge in [-0.05, 0) is 17.5 Å². The summed E-state index contributed by atoms with van der Waals surface area (Å²) < 4.78 is 37.5. The molecule has 2 aromatic rings. The van der Waals surface area contributed by atoms with Crippen molar-refractivity contribution in [1.82, 2.24) is 9.97 Å². The van der Waals surface area contributed by atoms with Crippen LogP contribution in [-0.4, -0.2) is 21.0 Å². The van der Waals surface area contributed by atoms with E-state index in [0.717, 1.165) is 6.20 Å². The van der Waals surface area contributed by atoms with Gasteiger partial charge in [0, 0.05) is 11.1 Å². The minimum Gasteiger partial charge on any atom is -0.479 e. The van der Waals surface area contributed by atoms with Crippen LogP contribution in [0.2, 0.25) is 0 Å². The van der Waals surface area contributed by atoms with E-state index in [1.165, 1.54) is 11.3 Å². The number of carboxylic acid groups (broad SMARTS) is 1. The standard InChI is InChI=1S/C11H8F3N3O2S/c12-11(13,14)7-3-4-15-10(16-7)17-8(9(18)19)6-2-1-5-20-6/h1-5,8H,(H,18,19)(H,15,16,17). The molecule has 0 amide bonds. The fraction of sp³-hybridized carbons (Fsp3) is 0.182. The van der Waals surface area contributed by atoms with Crippen molar-refractivity contribution in [2.45, 2.75) is 12.2 Å². The molecule has 5 nitrogen and oxygen atoms in total. The maximum absolute atomic E-state index is 12.5. The molecule has 0 aliphatic heterocycles. The third-order valence-electron chi connectivity index (χ3n) is 2.29. The number of carbonyl (C=O) groups is 1. The second-order valence-corrected chi connectivity index (χ2v) is 4.67. The Labute approximate surface area is 115 Å². The molecule has 0 aliphatic carbocycles. The van der Waals surface area contributed by atoms with Gasteiger partial charge in [0.1, 0.15) is 5.69 Å². The summed E-state index contributed by atoms with van der Waals surface area (Å²) >= 11 is 1.17. The highest BCUT2D eigenvalue weighted by atomic mass is 32.1. The van der Waals surface area contributed by atoms with Crippen molar-refractivity contribution in [3.05, 3.63) is 40.3 Å². The van der Waals surface area contributed by atoms with Crippen molar-refractivity contribution < 1.29 is 23.1 Å². The average Bonchev–Trinajstić information content (AvgIpc) is 2.88. The number of thiophene rings is 1. The number of aromatic nitrogens is 2. The second-order valence-electron chi connectivity index (χ2n) is 3.69. The molecule has 0 saturated heterocycles. The first-order chi connectivity index (χ1) is 9.38. The maximum atomic E-state index is 12.5. The van der Waals surface area contributed by atoms with E-state index in [4.69, 9.17) is 5.11 Å². The molecule has 2 aromatic heterocycles. The Morgan fingerprint density at radius 1 is 1.40 bits per heavy atom. The number of anilines is 1. The van der Waals surface area contributed by atoms with Gasteiger partial charge in [0.25, 0.3) is 0 Å². The predicted molar refractivity (Wildman–Crippen MR) is 65.4 cm³/mol. The highest BCUT2D eigenvalue weighted by molar-refractivity contribution is 7.10. The molecule has 0 radical (unpaired) electrons. The lowest BCUT2D eigenvalue weighted by Gasteiger charge is -2.13. The van der Waals surface area contributed by atoms with Crippen molar-refractivity contribution in [3.63, 3.8) is 0 Å². The molecule has 0 spiro atoms. The van der Waals surface area contributed by atoms with Gasteiger partial charge in [0.2, 0.25) is 5.95 Å². The van der Waals surface area contributed by atoms with Crippen LogP contribution in [0.3, 0.4) is 0 Å². The van der Waals surface area contributed by atoms with Crippen molar-refractivity contribution in [2.75, 3.05) is 5.32 Å². The number of nitrogens with one attached hydrogen (secondary N) is 1. The lowest BCUT2D eigenvalue weighted by Crippen LogP contribution is -2.21. The summed E-state index contributed by atoms with van der Waals surface area (Å²) in [6.07, 6.45) is -3.69. The normalized spacial score (nSPS) is 12.9. The predicted octanol–water partition coefficient (Wildman–Crippen LogP) is 2.79. The molecule has 9 heteroatoms. The SMILES string of the molecule is O=C(O)C(Nc1nccc(C(F)(F)F)n1)c1cccs1. The van der Waals surface area contributed by atoms with E-state index in [0.29, 0.717) is 10.9 Å². The molecular formula is C11H8F3N3O2S. The third-order valence-corrected chi connectivity index (χ3v) is 3.23. The summed E-state index contributed by atoms with van der Waals surface area (Å²) in [6.45, 7) is 0. The molecule has 2 heterocycles. The van der Waals surface area contributed by atoms with Crippen LogP contribution in [-0.2, 0) is 11.0 Å². The molecular weight excluding hydrogens is 295 g/mol. The Morgan fingerprint density at radius 3 is 2.70 bits per heavy atom. The quantitative estimate of drug-likeness (QED) is 0.908. The van der Waals surface area contributed by atoms with E-state index in [2.05, 4.69) is 15.3 Å². The number of hydrogen-bond acceptors (Lipinski definition) is 5. The molecule has 2 rings (SSSR count). The molecule has 0 aliphatic rings. The number of nitrogens with zero attached hydrogens (tertiary/aromatic N) is 2. The summed E-state index contributed by atoms with van der Waals surface area (Å²) in [6, 6.07) is 2.72. The van der Waals surface area contributed by atoms with Gasteiger partial charge in [-0.25, -0.2) is 14.8 Å². The fourth-order valence-corrected chi connectivity index (χ4v) is 2.19. The van der Waals surface area contributed by atoms with E-state index in [-0.39, 0.29) is 5.95 Å². The number of rotatable bonds is 4. The van der Waals surface area contributed by atoms with Gasteiger partial charge in [0.15, 0.2) is 6.04 Å². The zero-order valence-electron chi connectivity index (χ0n) is 9.76. The van der Waals surface area contributed by atoms with E-state index in [1.54, 1.807) is 17.5 Å². The first kappa shape index (κ1) is 14.3. The monoisotopic (exact) mass is 303 g/mol. The zero-order valence-corrected chi connectivity index (χ0v) is 10.6. The summed E-state index contributed by atoms with van der Waals surface area (Å²) in [4.78, 5) is 18.5. The van der Waals surface area contributed by atoms with Crippen LogP contribution < -0.4 is 5.32 Å². The molecule has 1 unspecified atom stereocenters. The summed E-state index contributed by atoms with van der Waals surface area (Å²) in [5.41, 5.74) is -1.13. The van der Waals surface area contributed by atoms with Crippen LogP contribution in [0, 0.1) is 0 Å². The highest BCUT2D eigenvalue weighted by Crippen LogP contribution is 2.28. The molecule has 0 bridgehead atoms. The van der Waals surface area contributed by atoms with E-state index < -0.39 is 23.9 Å². The highest BCUT2D eigenvalue weighted by Gasteiger charge is 2.33. The molecule has 0 aromatic carbocycles. The van der Waals surface area contributed by atoms with Crippen molar-refractivity contribution in [2.24, 2.45) is 0 Å². The van der Waals surface area contributed by atoms with Crippen molar-refractivity contribution >= 4 is 23.3 Å². The Kier molecular flexibility index (Phi) is 3.89. The first-order valence-electron chi connectivity index (χ1n) is 5.31. The van der Waals surface area contributed by atoms with Crippen LogP contribution in [0.25, 0.3) is 0 Å². The minimum absolute atomic E-state index is 0.388. The van der Waals surface area contributed by atoms with Gasteiger partial charge in [0.05, 0.1) is 0 Å². The van der Waals surface area contributed by atoms with E-state index in [9.17, 15) is 18.0 Å². The summed E-state index contributed by atoms with van der Waals surface area (Å²) in [5, 5.41) is 13.2. The number of halogens is 3. The van der Waals surface area contributed by atoms with Crippen LogP contribution in [0.1, 0.15) is 16.6 Å². The van der Waals surface area contributed by atoms with Gasteiger partial charge in [-0.15, -0.1) is 11.3 Å². The molecule has 0 saturated carbocycles. The lowest BCUT2D eigenvalue weighted by molar-refractivity contribution is -0.141. The largest absolute Gasteiger partial charge is 0.479 e. The first-order valence-corrected chi connectivity index (χ1v) is 6.19. The Bertz CT molecular complexity index is 601. The summed E-state index contributed by atoms with van der Waals surface area (Å²) in [5.74, 6) is -1.62. The Balaban J connectivity index is 2.26. The minimum atomic E-state index is -4.61. The fourth-order valence-electron chi connectivity index (χ4n) is 1.43. The second kappa shape index (κ2) is 5.45. The van der Waals surface area contributed by atoms with Crippen LogP contribution in [0.4, 0.5) is 19.1 Å². The van der Waals surface area contributed by atoms with Crippen molar-refractivity contribution in [3.8, 4) is 0 Å². The lowest BCUT2D eigenvalue weighted by atomic mass is 10.2. The third kappa shape index (κ3) is 3.23. The number of hydrogen-bond donors (Lipinski definition) is 2. The number of alkyl halides is 3. The maximum Gasteiger partial charge on any atom is 0.433 e. The zero-order chi connectivity index (χ0) is 14.8. The van der Waals surface area contributed by atoms with Gasteiger partial charge in [-0.1, -0.05) is 6.07 Å². The van der Waals surface area contributed by atoms with Crippen molar-refractivity contribution in [1.29, 1.82) is 0 Å². The van der Waals surface area contributed by atoms with Gasteiger partial charge >= 0.3 is 12.1 Å². The Morgan fingerprint density at radius 2 is 2.15 bits per heavy atom. The van der Waals surface area contributed by atoms with Gasteiger partial charge in [-0.2, -0.15) is 13.2 Å².